The Labute approximate surface area is 114 Å². The molecule has 102 valence electrons. The van der Waals surface area contributed by atoms with Gasteiger partial charge in [-0.3, -0.25) is 4.79 Å². The molecule has 0 amide bonds. The van der Waals surface area contributed by atoms with Crippen molar-refractivity contribution in [3.63, 3.8) is 0 Å². The minimum absolute atomic E-state index is 0.0766. The first-order valence-corrected chi connectivity index (χ1v) is 7.11. The number of anilines is 1. The van der Waals surface area contributed by atoms with Gasteiger partial charge in [0.1, 0.15) is 0 Å². The number of hydrogen-bond donors (Lipinski definition) is 1. The summed E-state index contributed by atoms with van der Waals surface area (Å²) in [5.74, 6) is -0.699. The Morgan fingerprint density at radius 3 is 2.58 bits per heavy atom. The van der Waals surface area contributed by atoms with Crippen LogP contribution in [-0.4, -0.2) is 23.2 Å². The molecule has 0 aromatic heterocycles. The molecule has 2 aliphatic rings. The SMILES string of the molecule is CC(C)(C(=O)O)C1Cc2ccccc2N1C1CCC1. The minimum atomic E-state index is -0.714. The molecule has 1 aliphatic heterocycles. The van der Waals surface area contributed by atoms with E-state index in [9.17, 15) is 9.90 Å². The topological polar surface area (TPSA) is 40.5 Å². The van der Waals surface area contributed by atoms with Crippen molar-refractivity contribution < 1.29 is 9.90 Å². The van der Waals surface area contributed by atoms with Gasteiger partial charge in [-0.25, -0.2) is 0 Å². The zero-order chi connectivity index (χ0) is 13.6. The number of aliphatic carboxylic acids is 1. The maximum Gasteiger partial charge on any atom is 0.311 e. The monoisotopic (exact) mass is 259 g/mol. The Hall–Kier alpha value is -1.51. The average molecular weight is 259 g/mol. The first kappa shape index (κ1) is 12.5. The van der Waals surface area contributed by atoms with Crippen LogP contribution in [0, 0.1) is 5.41 Å². The van der Waals surface area contributed by atoms with Crippen molar-refractivity contribution in [3.05, 3.63) is 29.8 Å². The van der Waals surface area contributed by atoms with Crippen LogP contribution in [0.15, 0.2) is 24.3 Å². The number of hydrogen-bond acceptors (Lipinski definition) is 2. The predicted molar refractivity (Wildman–Crippen MR) is 75.5 cm³/mol. The minimum Gasteiger partial charge on any atom is -0.481 e. The van der Waals surface area contributed by atoms with Gasteiger partial charge in [0, 0.05) is 17.8 Å². The Kier molecular flexibility index (Phi) is 2.80. The summed E-state index contributed by atoms with van der Waals surface area (Å²) in [6.45, 7) is 3.72. The van der Waals surface area contributed by atoms with Crippen LogP contribution in [0.4, 0.5) is 5.69 Å². The highest BCUT2D eigenvalue weighted by Gasteiger charge is 2.47. The Morgan fingerprint density at radius 2 is 2.00 bits per heavy atom. The molecule has 3 rings (SSSR count). The van der Waals surface area contributed by atoms with Gasteiger partial charge in [-0.05, 0) is 51.2 Å². The number of para-hydroxylation sites is 1. The first-order valence-electron chi connectivity index (χ1n) is 7.11. The van der Waals surface area contributed by atoms with Crippen LogP contribution in [0.2, 0.25) is 0 Å². The van der Waals surface area contributed by atoms with Gasteiger partial charge in [0.15, 0.2) is 0 Å². The quantitative estimate of drug-likeness (QED) is 0.907. The Morgan fingerprint density at radius 1 is 1.32 bits per heavy atom. The number of fused-ring (bicyclic) bond motifs is 1. The molecule has 1 unspecified atom stereocenters. The van der Waals surface area contributed by atoms with E-state index < -0.39 is 11.4 Å². The van der Waals surface area contributed by atoms with Gasteiger partial charge in [-0.1, -0.05) is 18.2 Å². The van der Waals surface area contributed by atoms with Gasteiger partial charge in [0.2, 0.25) is 0 Å². The van der Waals surface area contributed by atoms with E-state index in [1.807, 2.05) is 19.9 Å². The molecule has 0 saturated heterocycles. The molecule has 1 saturated carbocycles. The molecule has 0 radical (unpaired) electrons. The van der Waals surface area contributed by atoms with E-state index in [0.717, 1.165) is 6.42 Å². The van der Waals surface area contributed by atoms with Gasteiger partial charge in [-0.15, -0.1) is 0 Å². The van der Waals surface area contributed by atoms with Crippen molar-refractivity contribution in [3.8, 4) is 0 Å². The number of carbonyl (C=O) groups is 1. The molecule has 19 heavy (non-hydrogen) atoms. The lowest BCUT2D eigenvalue weighted by molar-refractivity contribution is -0.148. The Bertz CT molecular complexity index is 505. The molecule has 1 fully saturated rings. The zero-order valence-electron chi connectivity index (χ0n) is 11.6. The molecular formula is C16H21NO2. The van der Waals surface area contributed by atoms with E-state index in [0.29, 0.717) is 6.04 Å². The number of rotatable bonds is 3. The van der Waals surface area contributed by atoms with Gasteiger partial charge in [0.05, 0.1) is 5.41 Å². The average Bonchev–Trinajstić information content (AvgIpc) is 2.67. The lowest BCUT2D eigenvalue weighted by atomic mass is 9.80. The third-order valence-electron chi connectivity index (χ3n) is 4.87. The second kappa shape index (κ2) is 4.26. The number of benzene rings is 1. The van der Waals surface area contributed by atoms with Crippen molar-refractivity contribution >= 4 is 11.7 Å². The van der Waals surface area contributed by atoms with E-state index >= 15 is 0 Å². The molecule has 1 atom stereocenters. The van der Waals surface area contributed by atoms with E-state index in [-0.39, 0.29) is 6.04 Å². The molecular weight excluding hydrogens is 238 g/mol. The second-order valence-corrected chi connectivity index (χ2v) is 6.37. The van der Waals surface area contributed by atoms with Crippen molar-refractivity contribution in [2.75, 3.05) is 4.90 Å². The molecule has 1 aromatic carbocycles. The lowest BCUT2D eigenvalue weighted by Gasteiger charge is -2.45. The summed E-state index contributed by atoms with van der Waals surface area (Å²) in [5, 5.41) is 9.54. The van der Waals surface area contributed by atoms with Gasteiger partial charge in [0.25, 0.3) is 0 Å². The zero-order valence-corrected chi connectivity index (χ0v) is 11.6. The molecule has 3 heteroatoms. The fraction of sp³-hybridized carbons (Fsp3) is 0.562. The van der Waals surface area contributed by atoms with Crippen LogP contribution in [0.1, 0.15) is 38.7 Å². The van der Waals surface area contributed by atoms with Crippen LogP contribution in [0.25, 0.3) is 0 Å². The normalized spacial score (nSPS) is 23.1. The summed E-state index contributed by atoms with van der Waals surface area (Å²) < 4.78 is 0. The van der Waals surface area contributed by atoms with Crippen molar-refractivity contribution in [2.45, 2.75) is 51.6 Å². The highest BCUT2D eigenvalue weighted by molar-refractivity contribution is 5.77. The Balaban J connectivity index is 2.00. The van der Waals surface area contributed by atoms with Crippen molar-refractivity contribution in [1.29, 1.82) is 0 Å². The molecule has 1 N–H and O–H groups in total. The largest absolute Gasteiger partial charge is 0.481 e. The fourth-order valence-electron chi connectivity index (χ4n) is 3.27. The maximum absolute atomic E-state index is 11.6. The molecule has 0 bridgehead atoms. The summed E-state index contributed by atoms with van der Waals surface area (Å²) in [7, 11) is 0. The highest BCUT2D eigenvalue weighted by atomic mass is 16.4. The van der Waals surface area contributed by atoms with Crippen molar-refractivity contribution in [2.24, 2.45) is 5.41 Å². The molecule has 1 aliphatic carbocycles. The van der Waals surface area contributed by atoms with Crippen LogP contribution < -0.4 is 4.90 Å². The van der Waals surface area contributed by atoms with Crippen LogP contribution in [0.3, 0.4) is 0 Å². The summed E-state index contributed by atoms with van der Waals surface area (Å²) in [4.78, 5) is 14.0. The standard InChI is InChI=1S/C16H21NO2/c1-16(2,15(18)19)14-10-11-6-3-4-9-13(11)17(14)12-7-5-8-12/h3-4,6,9,12,14H,5,7-8,10H2,1-2H3,(H,18,19). The highest BCUT2D eigenvalue weighted by Crippen LogP contribution is 2.44. The smallest absolute Gasteiger partial charge is 0.311 e. The lowest BCUT2D eigenvalue weighted by Crippen LogP contribution is -2.53. The molecule has 3 nitrogen and oxygen atoms in total. The second-order valence-electron chi connectivity index (χ2n) is 6.37. The predicted octanol–water partition coefficient (Wildman–Crippen LogP) is 3.08. The summed E-state index contributed by atoms with van der Waals surface area (Å²) in [6.07, 6.45) is 4.51. The summed E-state index contributed by atoms with van der Waals surface area (Å²) >= 11 is 0. The van der Waals surface area contributed by atoms with E-state index in [4.69, 9.17) is 0 Å². The van der Waals surface area contributed by atoms with Crippen LogP contribution in [-0.2, 0) is 11.2 Å². The molecule has 1 heterocycles. The van der Waals surface area contributed by atoms with Crippen LogP contribution in [0.5, 0.6) is 0 Å². The van der Waals surface area contributed by atoms with E-state index in [1.54, 1.807) is 0 Å². The number of carboxylic acids is 1. The van der Waals surface area contributed by atoms with E-state index in [1.165, 1.54) is 30.5 Å². The van der Waals surface area contributed by atoms with Gasteiger partial charge >= 0.3 is 5.97 Å². The number of nitrogens with zero attached hydrogens (tertiary/aromatic N) is 1. The maximum atomic E-state index is 11.6. The fourth-order valence-corrected chi connectivity index (χ4v) is 3.27. The molecule has 0 spiro atoms. The van der Waals surface area contributed by atoms with E-state index in [2.05, 4.69) is 23.1 Å². The summed E-state index contributed by atoms with van der Waals surface area (Å²) in [5.41, 5.74) is 1.84. The first-order chi connectivity index (χ1) is 9.01. The number of carboxylic acid groups (broad SMARTS) is 1. The van der Waals surface area contributed by atoms with Gasteiger partial charge < -0.3 is 10.0 Å². The molecule has 1 aromatic rings. The summed E-state index contributed by atoms with van der Waals surface area (Å²) in [6, 6.07) is 9.00. The third-order valence-corrected chi connectivity index (χ3v) is 4.87. The third kappa shape index (κ3) is 1.83. The van der Waals surface area contributed by atoms with Crippen molar-refractivity contribution in [1.82, 2.24) is 0 Å². The van der Waals surface area contributed by atoms with Crippen LogP contribution >= 0.6 is 0 Å². The van der Waals surface area contributed by atoms with Gasteiger partial charge in [-0.2, -0.15) is 0 Å².